The minimum atomic E-state index is 0.562. The number of furan rings is 1. The standard InChI is InChI=1S/C57H32N4OS/c1-2-15-36-30-49-44(28-35(36)14-1)40-19-7-9-22-48(40)61(49)50-31-45-42-26-24-34-13-4-6-18-39(34)54(42)62-51(45)32-47(50)57-59-55(37-25-27-53-46(29-37)41-20-8-10-23-52(41)63-53)58-56(60-57)43-21-11-16-33-12-3-5-17-38(33)43/h1-32H. The van der Waals surface area contributed by atoms with Gasteiger partial charge >= 0.3 is 0 Å². The molecular weight excluding hydrogens is 789 g/mol. The van der Waals surface area contributed by atoms with E-state index in [0.29, 0.717) is 17.5 Å². The summed E-state index contributed by atoms with van der Waals surface area (Å²) in [5.74, 6) is 1.78. The van der Waals surface area contributed by atoms with Crippen molar-refractivity contribution in [2.75, 3.05) is 0 Å². The van der Waals surface area contributed by atoms with Crippen molar-refractivity contribution >= 4 is 108 Å². The van der Waals surface area contributed by atoms with Crippen LogP contribution in [0.15, 0.2) is 199 Å². The van der Waals surface area contributed by atoms with E-state index in [-0.39, 0.29) is 0 Å². The second-order valence-corrected chi connectivity index (χ2v) is 17.4. The smallest absolute Gasteiger partial charge is 0.166 e. The number of nitrogens with zero attached hydrogens (tertiary/aromatic N) is 4. The third-order valence-electron chi connectivity index (χ3n) is 12.8. The molecule has 14 aromatic rings. The van der Waals surface area contributed by atoms with E-state index >= 15 is 0 Å². The predicted octanol–water partition coefficient (Wildman–Crippen LogP) is 15.7. The molecule has 63 heavy (non-hydrogen) atoms. The SMILES string of the molecule is c1ccc2cc3c(cc2c1)c1ccccc1n3-c1cc2c(cc1-c1nc(-c3ccc4sc5ccccc5c4c3)nc(-c3cccc4ccccc34)n1)oc1c3ccccc3ccc21. The Labute approximate surface area is 363 Å². The average molecular weight is 821 g/mol. The Morgan fingerprint density at radius 1 is 0.365 bits per heavy atom. The first-order valence-corrected chi connectivity index (χ1v) is 22.0. The summed E-state index contributed by atoms with van der Waals surface area (Å²) < 4.78 is 11.8. The molecule has 292 valence electrons. The van der Waals surface area contributed by atoms with E-state index in [2.05, 4.69) is 199 Å². The molecule has 14 rings (SSSR count). The fraction of sp³-hybridized carbons (Fsp3) is 0. The molecule has 5 nitrogen and oxygen atoms in total. The second-order valence-electron chi connectivity index (χ2n) is 16.3. The Bertz CT molecular complexity index is 4230. The van der Waals surface area contributed by atoms with E-state index in [1.54, 1.807) is 11.3 Å². The van der Waals surface area contributed by atoms with Crippen LogP contribution in [0.4, 0.5) is 0 Å². The predicted molar refractivity (Wildman–Crippen MR) is 263 cm³/mol. The molecule has 6 heteroatoms. The summed E-state index contributed by atoms with van der Waals surface area (Å²) in [4.78, 5) is 16.3. The molecule has 0 aliphatic rings. The van der Waals surface area contributed by atoms with Crippen LogP contribution in [0.1, 0.15) is 0 Å². The minimum Gasteiger partial charge on any atom is -0.455 e. The molecule has 0 fully saturated rings. The first kappa shape index (κ1) is 34.5. The van der Waals surface area contributed by atoms with Gasteiger partial charge in [0.05, 0.1) is 16.7 Å². The Morgan fingerprint density at radius 2 is 1.02 bits per heavy atom. The molecule has 0 aliphatic heterocycles. The van der Waals surface area contributed by atoms with Crippen LogP contribution in [0.2, 0.25) is 0 Å². The van der Waals surface area contributed by atoms with E-state index in [1.165, 1.54) is 41.7 Å². The van der Waals surface area contributed by atoms with Crippen molar-refractivity contribution in [1.82, 2.24) is 19.5 Å². The average Bonchev–Trinajstić information content (AvgIpc) is 4.01. The van der Waals surface area contributed by atoms with Gasteiger partial charge in [0.2, 0.25) is 0 Å². The lowest BCUT2D eigenvalue weighted by molar-refractivity contribution is 0.672. The highest BCUT2D eigenvalue weighted by molar-refractivity contribution is 7.25. The van der Waals surface area contributed by atoms with Crippen molar-refractivity contribution in [3.8, 4) is 39.9 Å². The molecule has 0 radical (unpaired) electrons. The third-order valence-corrected chi connectivity index (χ3v) is 14.0. The van der Waals surface area contributed by atoms with Crippen LogP contribution in [0.3, 0.4) is 0 Å². The van der Waals surface area contributed by atoms with Gasteiger partial charge in [-0.15, -0.1) is 11.3 Å². The molecule has 0 spiro atoms. The Balaban J connectivity index is 1.12. The van der Waals surface area contributed by atoms with Gasteiger partial charge in [-0.25, -0.2) is 15.0 Å². The molecule has 0 bridgehead atoms. The Kier molecular flexibility index (Phi) is 7.21. The second kappa shape index (κ2) is 13.2. The number of fused-ring (bicyclic) bond motifs is 13. The molecular formula is C57H32N4OS. The highest BCUT2D eigenvalue weighted by Crippen LogP contribution is 2.43. The lowest BCUT2D eigenvalue weighted by Gasteiger charge is -2.16. The zero-order chi connectivity index (χ0) is 41.2. The number of hydrogen-bond donors (Lipinski definition) is 0. The molecule has 4 aromatic heterocycles. The lowest BCUT2D eigenvalue weighted by Crippen LogP contribution is -2.04. The van der Waals surface area contributed by atoms with Gasteiger partial charge in [-0.2, -0.15) is 0 Å². The van der Waals surface area contributed by atoms with Gasteiger partial charge in [0, 0.05) is 63.8 Å². The number of para-hydroxylation sites is 1. The van der Waals surface area contributed by atoms with Crippen molar-refractivity contribution in [3.63, 3.8) is 0 Å². The van der Waals surface area contributed by atoms with Crippen LogP contribution in [0.25, 0.3) is 136 Å². The molecule has 0 unspecified atom stereocenters. The van der Waals surface area contributed by atoms with Crippen LogP contribution in [-0.4, -0.2) is 19.5 Å². The summed E-state index contributed by atoms with van der Waals surface area (Å²) in [6, 6.07) is 69.2. The van der Waals surface area contributed by atoms with Crippen LogP contribution in [0.5, 0.6) is 0 Å². The van der Waals surface area contributed by atoms with E-state index in [4.69, 9.17) is 19.4 Å². The van der Waals surface area contributed by atoms with Gasteiger partial charge in [0.15, 0.2) is 17.5 Å². The normalized spacial score (nSPS) is 12.1. The molecule has 0 saturated heterocycles. The number of benzene rings is 10. The monoisotopic (exact) mass is 820 g/mol. The summed E-state index contributed by atoms with van der Waals surface area (Å²) in [7, 11) is 0. The largest absolute Gasteiger partial charge is 0.455 e. The number of thiophene rings is 1. The summed E-state index contributed by atoms with van der Waals surface area (Å²) in [5.41, 5.74) is 7.51. The van der Waals surface area contributed by atoms with Crippen molar-refractivity contribution in [2.45, 2.75) is 0 Å². The summed E-state index contributed by atoms with van der Waals surface area (Å²) in [6.45, 7) is 0. The highest BCUT2D eigenvalue weighted by Gasteiger charge is 2.24. The zero-order valence-corrected chi connectivity index (χ0v) is 34.4. The molecule has 10 aromatic carbocycles. The van der Waals surface area contributed by atoms with Crippen LogP contribution < -0.4 is 0 Å². The molecule has 0 saturated carbocycles. The summed E-state index contributed by atoms with van der Waals surface area (Å²) in [6.07, 6.45) is 0. The van der Waals surface area contributed by atoms with E-state index < -0.39 is 0 Å². The highest BCUT2D eigenvalue weighted by atomic mass is 32.1. The molecule has 0 atom stereocenters. The topological polar surface area (TPSA) is 56.7 Å². The first-order chi connectivity index (χ1) is 31.2. The molecule has 4 heterocycles. The van der Waals surface area contributed by atoms with Gasteiger partial charge < -0.3 is 8.98 Å². The third kappa shape index (κ3) is 5.19. The maximum atomic E-state index is 6.92. The van der Waals surface area contributed by atoms with Crippen LogP contribution >= 0.6 is 11.3 Å². The van der Waals surface area contributed by atoms with E-state index in [9.17, 15) is 0 Å². The maximum Gasteiger partial charge on any atom is 0.166 e. The maximum absolute atomic E-state index is 6.92. The fourth-order valence-electron chi connectivity index (χ4n) is 9.85. The molecule has 0 N–H and O–H groups in total. The Hall–Kier alpha value is -8.19. The number of aromatic nitrogens is 4. The van der Waals surface area contributed by atoms with Crippen LogP contribution in [0, 0.1) is 0 Å². The van der Waals surface area contributed by atoms with E-state index in [1.807, 2.05) is 0 Å². The fourth-order valence-corrected chi connectivity index (χ4v) is 10.9. The number of hydrogen-bond acceptors (Lipinski definition) is 5. The number of rotatable bonds is 4. The van der Waals surface area contributed by atoms with E-state index in [0.717, 1.165) is 76.9 Å². The van der Waals surface area contributed by atoms with Gasteiger partial charge in [0.1, 0.15) is 11.2 Å². The van der Waals surface area contributed by atoms with Crippen molar-refractivity contribution in [3.05, 3.63) is 194 Å². The summed E-state index contributed by atoms with van der Waals surface area (Å²) in [5, 5.41) is 13.7. The van der Waals surface area contributed by atoms with Crippen molar-refractivity contribution in [1.29, 1.82) is 0 Å². The van der Waals surface area contributed by atoms with Gasteiger partial charge in [-0.3, -0.25) is 0 Å². The van der Waals surface area contributed by atoms with Gasteiger partial charge in [-0.1, -0.05) is 133 Å². The lowest BCUT2D eigenvalue weighted by atomic mass is 10.0. The quantitative estimate of drug-likeness (QED) is 0.177. The van der Waals surface area contributed by atoms with Crippen molar-refractivity contribution < 1.29 is 4.42 Å². The van der Waals surface area contributed by atoms with Gasteiger partial charge in [-0.05, 0) is 87.6 Å². The molecule has 0 amide bonds. The minimum absolute atomic E-state index is 0.562. The summed E-state index contributed by atoms with van der Waals surface area (Å²) >= 11 is 1.81. The molecule has 0 aliphatic carbocycles. The zero-order valence-electron chi connectivity index (χ0n) is 33.6. The first-order valence-electron chi connectivity index (χ1n) is 21.2. The van der Waals surface area contributed by atoms with Gasteiger partial charge in [0.25, 0.3) is 0 Å². The Morgan fingerprint density at radius 3 is 1.87 bits per heavy atom. The van der Waals surface area contributed by atoms with Crippen molar-refractivity contribution in [2.24, 2.45) is 0 Å². The van der Waals surface area contributed by atoms with Crippen LogP contribution in [-0.2, 0) is 0 Å².